The predicted molar refractivity (Wildman–Crippen MR) is 119 cm³/mol. The van der Waals surface area contributed by atoms with Gasteiger partial charge < -0.3 is 20.3 Å². The second-order valence-corrected chi connectivity index (χ2v) is 7.97. The number of piperidine rings is 1. The summed E-state index contributed by atoms with van der Waals surface area (Å²) >= 11 is 0. The second-order valence-electron chi connectivity index (χ2n) is 7.97. The Bertz CT molecular complexity index is 826. The molecule has 0 saturated carbocycles. The van der Waals surface area contributed by atoms with Gasteiger partial charge >= 0.3 is 6.03 Å². The Labute approximate surface area is 178 Å². The number of hydrogen-bond donors (Lipinski definition) is 2. The highest BCUT2D eigenvalue weighted by Gasteiger charge is 2.22. The fourth-order valence-electron chi connectivity index (χ4n) is 3.51. The summed E-state index contributed by atoms with van der Waals surface area (Å²) < 4.78 is 5.50. The van der Waals surface area contributed by atoms with Gasteiger partial charge in [0.25, 0.3) is 5.91 Å². The van der Waals surface area contributed by atoms with Gasteiger partial charge in [0.1, 0.15) is 5.75 Å². The van der Waals surface area contributed by atoms with Gasteiger partial charge in [-0.1, -0.05) is 35.4 Å². The van der Waals surface area contributed by atoms with E-state index in [1.54, 1.807) is 0 Å². The minimum atomic E-state index is -0.106. The van der Waals surface area contributed by atoms with Crippen LogP contribution in [0.1, 0.15) is 30.4 Å². The maximum absolute atomic E-state index is 12.4. The third kappa shape index (κ3) is 6.79. The molecular formula is C24H31N3O3. The molecule has 2 aromatic rings. The molecule has 2 N–H and O–H groups in total. The number of carbonyl (C=O) groups excluding carboxylic acids is 2. The maximum Gasteiger partial charge on any atom is 0.321 e. The Morgan fingerprint density at radius 2 is 1.57 bits per heavy atom. The average Bonchev–Trinajstić information content (AvgIpc) is 2.75. The second kappa shape index (κ2) is 10.7. The highest BCUT2D eigenvalue weighted by Crippen LogP contribution is 2.21. The van der Waals surface area contributed by atoms with E-state index >= 15 is 0 Å². The van der Waals surface area contributed by atoms with Crippen molar-refractivity contribution < 1.29 is 14.3 Å². The molecule has 6 nitrogen and oxygen atoms in total. The lowest BCUT2D eigenvalue weighted by atomic mass is 9.94. The van der Waals surface area contributed by atoms with Gasteiger partial charge in [-0.3, -0.25) is 4.79 Å². The third-order valence-electron chi connectivity index (χ3n) is 5.47. The van der Waals surface area contributed by atoms with E-state index < -0.39 is 0 Å². The van der Waals surface area contributed by atoms with Crippen molar-refractivity contribution >= 4 is 17.6 Å². The van der Waals surface area contributed by atoms with Crippen molar-refractivity contribution in [3.05, 3.63) is 59.7 Å². The molecule has 30 heavy (non-hydrogen) atoms. The largest absolute Gasteiger partial charge is 0.484 e. The minimum Gasteiger partial charge on any atom is -0.484 e. The Kier molecular flexibility index (Phi) is 7.71. The van der Waals surface area contributed by atoms with Crippen LogP contribution in [-0.4, -0.2) is 43.1 Å². The number of aryl methyl sites for hydroxylation is 2. The molecule has 0 atom stereocenters. The normalized spacial score (nSPS) is 14.3. The molecule has 1 aliphatic rings. The molecule has 0 bridgehead atoms. The molecule has 2 aromatic carbocycles. The lowest BCUT2D eigenvalue weighted by Gasteiger charge is -2.32. The zero-order valence-corrected chi connectivity index (χ0v) is 17.8. The van der Waals surface area contributed by atoms with Crippen LogP contribution in [0.25, 0.3) is 0 Å². The number of rotatable bonds is 7. The van der Waals surface area contributed by atoms with Crippen LogP contribution in [-0.2, 0) is 4.79 Å². The number of nitrogens with zero attached hydrogens (tertiary/aromatic N) is 1. The number of hydrogen-bond acceptors (Lipinski definition) is 3. The molecule has 0 aromatic heterocycles. The number of nitrogens with one attached hydrogen (secondary N) is 2. The molecule has 1 saturated heterocycles. The van der Waals surface area contributed by atoms with Gasteiger partial charge in [-0.2, -0.15) is 0 Å². The molecule has 1 heterocycles. The summed E-state index contributed by atoms with van der Waals surface area (Å²) in [7, 11) is 0. The summed E-state index contributed by atoms with van der Waals surface area (Å²) in [6, 6.07) is 15.4. The van der Waals surface area contributed by atoms with E-state index in [4.69, 9.17) is 4.74 Å². The first-order valence-corrected chi connectivity index (χ1v) is 10.6. The Morgan fingerprint density at radius 3 is 2.20 bits per heavy atom. The number of ether oxygens (including phenoxy) is 1. The van der Waals surface area contributed by atoms with Gasteiger partial charge in [-0.05, 0) is 63.3 Å². The zero-order valence-electron chi connectivity index (χ0n) is 17.8. The van der Waals surface area contributed by atoms with Crippen LogP contribution in [0.15, 0.2) is 48.5 Å². The minimum absolute atomic E-state index is 0.0285. The van der Waals surface area contributed by atoms with Crippen LogP contribution < -0.4 is 15.4 Å². The zero-order chi connectivity index (χ0) is 21.3. The maximum atomic E-state index is 12.4. The van der Waals surface area contributed by atoms with E-state index in [2.05, 4.69) is 10.6 Å². The van der Waals surface area contributed by atoms with Gasteiger partial charge in [0, 0.05) is 25.3 Å². The Hall–Kier alpha value is -3.02. The topological polar surface area (TPSA) is 70.7 Å². The van der Waals surface area contributed by atoms with Crippen molar-refractivity contribution in [3.63, 3.8) is 0 Å². The summed E-state index contributed by atoms with van der Waals surface area (Å²) in [4.78, 5) is 26.2. The van der Waals surface area contributed by atoms with Crippen molar-refractivity contribution in [3.8, 4) is 5.75 Å². The van der Waals surface area contributed by atoms with Crippen LogP contribution in [0.5, 0.6) is 5.75 Å². The molecule has 0 spiro atoms. The monoisotopic (exact) mass is 409 g/mol. The van der Waals surface area contributed by atoms with Crippen LogP contribution >= 0.6 is 0 Å². The predicted octanol–water partition coefficient (Wildman–Crippen LogP) is 4.13. The smallest absolute Gasteiger partial charge is 0.321 e. The van der Waals surface area contributed by atoms with E-state index in [1.807, 2.05) is 67.3 Å². The number of amides is 3. The van der Waals surface area contributed by atoms with E-state index in [0.717, 1.165) is 43.6 Å². The number of urea groups is 1. The Balaban J connectivity index is 1.29. The van der Waals surface area contributed by atoms with Gasteiger partial charge in [0.2, 0.25) is 0 Å². The first kappa shape index (κ1) is 21.7. The van der Waals surface area contributed by atoms with Gasteiger partial charge in [0.05, 0.1) is 0 Å². The van der Waals surface area contributed by atoms with Crippen molar-refractivity contribution in [1.29, 1.82) is 0 Å². The van der Waals surface area contributed by atoms with Gasteiger partial charge in [0.15, 0.2) is 6.61 Å². The van der Waals surface area contributed by atoms with E-state index in [0.29, 0.717) is 18.2 Å². The molecule has 0 aliphatic carbocycles. The standard InChI is InChI=1S/C24H31N3O3/c1-18-3-7-21(8-4-18)26-24(29)27-15-12-20(13-16-27)11-14-25-23(28)17-30-22-9-5-19(2)6-10-22/h3-10,20H,11-17H2,1-2H3,(H,25,28)(H,26,29). The molecule has 0 radical (unpaired) electrons. The summed E-state index contributed by atoms with van der Waals surface area (Å²) in [5.74, 6) is 1.12. The van der Waals surface area contributed by atoms with E-state index in [-0.39, 0.29) is 18.5 Å². The van der Waals surface area contributed by atoms with Gasteiger partial charge in [-0.15, -0.1) is 0 Å². The molecule has 3 amide bonds. The van der Waals surface area contributed by atoms with Crippen LogP contribution in [0.2, 0.25) is 0 Å². The number of carbonyl (C=O) groups is 2. The summed E-state index contributed by atoms with van der Waals surface area (Å²) in [5, 5.41) is 5.88. The van der Waals surface area contributed by atoms with Crippen molar-refractivity contribution in [2.45, 2.75) is 33.1 Å². The Morgan fingerprint density at radius 1 is 0.967 bits per heavy atom. The lowest BCUT2D eigenvalue weighted by molar-refractivity contribution is -0.123. The number of anilines is 1. The SMILES string of the molecule is Cc1ccc(NC(=O)N2CCC(CCNC(=O)COc3ccc(C)cc3)CC2)cc1. The highest BCUT2D eigenvalue weighted by molar-refractivity contribution is 5.89. The summed E-state index contributed by atoms with van der Waals surface area (Å²) in [6.07, 6.45) is 2.83. The van der Waals surface area contributed by atoms with Gasteiger partial charge in [-0.25, -0.2) is 4.79 Å². The molecular weight excluding hydrogens is 378 g/mol. The summed E-state index contributed by atoms with van der Waals surface area (Å²) in [6.45, 7) is 6.18. The van der Waals surface area contributed by atoms with E-state index in [9.17, 15) is 9.59 Å². The molecule has 0 unspecified atom stereocenters. The number of likely N-dealkylation sites (tertiary alicyclic amines) is 1. The third-order valence-corrected chi connectivity index (χ3v) is 5.47. The molecule has 6 heteroatoms. The molecule has 3 rings (SSSR count). The molecule has 1 aliphatic heterocycles. The van der Waals surface area contributed by atoms with Crippen molar-refractivity contribution in [2.24, 2.45) is 5.92 Å². The average molecular weight is 410 g/mol. The quantitative estimate of drug-likeness (QED) is 0.722. The van der Waals surface area contributed by atoms with Crippen molar-refractivity contribution in [2.75, 3.05) is 31.6 Å². The highest BCUT2D eigenvalue weighted by atomic mass is 16.5. The first-order chi connectivity index (χ1) is 14.5. The molecule has 160 valence electrons. The summed E-state index contributed by atoms with van der Waals surface area (Å²) in [5.41, 5.74) is 3.15. The fourth-order valence-corrected chi connectivity index (χ4v) is 3.51. The fraction of sp³-hybridized carbons (Fsp3) is 0.417. The first-order valence-electron chi connectivity index (χ1n) is 10.6. The van der Waals surface area contributed by atoms with Crippen LogP contribution in [0.3, 0.4) is 0 Å². The molecule has 1 fully saturated rings. The van der Waals surface area contributed by atoms with E-state index in [1.165, 1.54) is 5.56 Å². The van der Waals surface area contributed by atoms with Crippen LogP contribution in [0.4, 0.5) is 10.5 Å². The number of benzene rings is 2. The van der Waals surface area contributed by atoms with Crippen LogP contribution in [0, 0.1) is 19.8 Å². The van der Waals surface area contributed by atoms with Crippen molar-refractivity contribution in [1.82, 2.24) is 10.2 Å². The lowest BCUT2D eigenvalue weighted by Crippen LogP contribution is -2.41.